The summed E-state index contributed by atoms with van der Waals surface area (Å²) in [6.45, 7) is 2.18. The summed E-state index contributed by atoms with van der Waals surface area (Å²) in [5.41, 5.74) is 0. The van der Waals surface area contributed by atoms with Gasteiger partial charge in [0, 0.05) is 25.0 Å². The van der Waals surface area contributed by atoms with E-state index in [0.29, 0.717) is 18.4 Å². The molecule has 0 bridgehead atoms. The van der Waals surface area contributed by atoms with E-state index >= 15 is 0 Å². The Morgan fingerprint density at radius 2 is 1.89 bits per heavy atom. The fraction of sp³-hybridized carbons (Fsp3) is 0.714. The number of nitrogens with zero attached hydrogens (tertiary/aromatic N) is 1. The normalized spacial score (nSPS) is 19.8. The van der Waals surface area contributed by atoms with Gasteiger partial charge < -0.3 is 10.2 Å². The fourth-order valence-corrected chi connectivity index (χ4v) is 2.36. The van der Waals surface area contributed by atoms with Crippen LogP contribution in [0.4, 0.5) is 0 Å². The Balaban J connectivity index is 1.64. The molecule has 1 aliphatic heterocycles. The van der Waals surface area contributed by atoms with Crippen molar-refractivity contribution in [2.45, 2.75) is 31.7 Å². The lowest BCUT2D eigenvalue weighted by Gasteiger charge is -2.32. The minimum atomic E-state index is -0.0257. The van der Waals surface area contributed by atoms with E-state index in [-0.39, 0.29) is 18.5 Å². The SMILES string of the molecule is C#CCNCC(=O)NC1CCN(C(=O)C2CC2)CC1. The molecule has 2 amide bonds. The monoisotopic (exact) mass is 263 g/mol. The summed E-state index contributed by atoms with van der Waals surface area (Å²) in [5, 5.41) is 5.84. The van der Waals surface area contributed by atoms with Gasteiger partial charge in [0.05, 0.1) is 13.1 Å². The van der Waals surface area contributed by atoms with Gasteiger partial charge in [-0.1, -0.05) is 5.92 Å². The Labute approximate surface area is 114 Å². The third-order valence-electron chi connectivity index (χ3n) is 3.61. The molecule has 5 nitrogen and oxygen atoms in total. The van der Waals surface area contributed by atoms with E-state index < -0.39 is 0 Å². The largest absolute Gasteiger partial charge is 0.352 e. The highest BCUT2D eigenvalue weighted by molar-refractivity contribution is 5.81. The average molecular weight is 263 g/mol. The van der Waals surface area contributed by atoms with Crippen LogP contribution in [0.15, 0.2) is 0 Å². The molecule has 0 atom stereocenters. The minimum Gasteiger partial charge on any atom is -0.352 e. The summed E-state index contributed by atoms with van der Waals surface area (Å²) in [4.78, 5) is 25.4. The molecule has 1 aliphatic carbocycles. The van der Waals surface area contributed by atoms with Crippen molar-refractivity contribution >= 4 is 11.8 Å². The zero-order valence-corrected chi connectivity index (χ0v) is 11.2. The number of hydrogen-bond acceptors (Lipinski definition) is 3. The molecule has 0 aromatic rings. The molecular weight excluding hydrogens is 242 g/mol. The topological polar surface area (TPSA) is 61.4 Å². The quantitative estimate of drug-likeness (QED) is 0.530. The number of nitrogens with one attached hydrogen (secondary N) is 2. The van der Waals surface area contributed by atoms with Crippen LogP contribution >= 0.6 is 0 Å². The molecule has 104 valence electrons. The van der Waals surface area contributed by atoms with Crippen LogP contribution in [0.25, 0.3) is 0 Å². The van der Waals surface area contributed by atoms with Crippen molar-refractivity contribution in [1.82, 2.24) is 15.5 Å². The Bertz CT molecular complexity index is 377. The fourth-order valence-electron chi connectivity index (χ4n) is 2.36. The van der Waals surface area contributed by atoms with Crippen molar-refractivity contribution < 1.29 is 9.59 Å². The molecule has 2 aliphatic rings. The number of likely N-dealkylation sites (tertiary alicyclic amines) is 1. The van der Waals surface area contributed by atoms with Gasteiger partial charge in [-0.3, -0.25) is 14.9 Å². The van der Waals surface area contributed by atoms with Crippen LogP contribution in [0.3, 0.4) is 0 Å². The number of rotatable bonds is 5. The zero-order valence-electron chi connectivity index (χ0n) is 11.2. The smallest absolute Gasteiger partial charge is 0.234 e. The zero-order chi connectivity index (χ0) is 13.7. The van der Waals surface area contributed by atoms with E-state index in [0.717, 1.165) is 38.8 Å². The average Bonchev–Trinajstić information content (AvgIpc) is 3.23. The van der Waals surface area contributed by atoms with Crippen LogP contribution < -0.4 is 10.6 Å². The number of carbonyl (C=O) groups is 2. The van der Waals surface area contributed by atoms with Crippen molar-refractivity contribution in [3.05, 3.63) is 0 Å². The predicted molar refractivity (Wildman–Crippen MR) is 72.2 cm³/mol. The maximum absolute atomic E-state index is 11.9. The van der Waals surface area contributed by atoms with Gasteiger partial charge in [-0.2, -0.15) is 0 Å². The molecule has 2 rings (SSSR count). The lowest BCUT2D eigenvalue weighted by atomic mass is 10.0. The molecule has 0 aromatic heterocycles. The van der Waals surface area contributed by atoms with Crippen LogP contribution in [0.2, 0.25) is 0 Å². The molecule has 5 heteroatoms. The number of amides is 2. The second-order valence-corrected chi connectivity index (χ2v) is 5.25. The summed E-state index contributed by atoms with van der Waals surface area (Å²) < 4.78 is 0. The maximum atomic E-state index is 11.9. The van der Waals surface area contributed by atoms with Crippen LogP contribution in [-0.4, -0.2) is 48.9 Å². The number of piperidine rings is 1. The Kier molecular flexibility index (Phi) is 4.80. The van der Waals surface area contributed by atoms with E-state index in [4.69, 9.17) is 6.42 Å². The molecule has 1 saturated heterocycles. The Morgan fingerprint density at radius 1 is 1.21 bits per heavy atom. The number of carbonyl (C=O) groups excluding carboxylic acids is 2. The molecule has 0 radical (unpaired) electrons. The first kappa shape index (κ1) is 13.9. The van der Waals surface area contributed by atoms with Crippen molar-refractivity contribution in [3.8, 4) is 12.3 Å². The molecule has 0 unspecified atom stereocenters. The minimum absolute atomic E-state index is 0.0257. The van der Waals surface area contributed by atoms with Gasteiger partial charge in [0.15, 0.2) is 0 Å². The predicted octanol–water partition coefficient (Wildman–Crippen LogP) is -0.274. The molecule has 19 heavy (non-hydrogen) atoms. The highest BCUT2D eigenvalue weighted by Crippen LogP contribution is 2.31. The van der Waals surface area contributed by atoms with Crippen LogP contribution in [-0.2, 0) is 9.59 Å². The summed E-state index contributed by atoms with van der Waals surface area (Å²) >= 11 is 0. The molecular formula is C14H21N3O2. The van der Waals surface area contributed by atoms with Gasteiger partial charge in [0.2, 0.25) is 11.8 Å². The van der Waals surface area contributed by atoms with Crippen molar-refractivity contribution in [2.75, 3.05) is 26.2 Å². The van der Waals surface area contributed by atoms with Crippen molar-refractivity contribution in [2.24, 2.45) is 5.92 Å². The molecule has 1 heterocycles. The first-order valence-corrected chi connectivity index (χ1v) is 6.93. The Morgan fingerprint density at radius 3 is 2.47 bits per heavy atom. The Hall–Kier alpha value is -1.54. The van der Waals surface area contributed by atoms with E-state index in [1.54, 1.807) is 0 Å². The van der Waals surface area contributed by atoms with E-state index in [1.165, 1.54) is 0 Å². The van der Waals surface area contributed by atoms with Crippen LogP contribution in [0, 0.1) is 18.3 Å². The molecule has 0 aromatic carbocycles. The number of hydrogen-bond donors (Lipinski definition) is 2. The van der Waals surface area contributed by atoms with E-state index in [2.05, 4.69) is 16.6 Å². The standard InChI is InChI=1S/C14H21N3O2/c1-2-7-15-10-13(18)16-12-5-8-17(9-6-12)14(19)11-3-4-11/h1,11-12,15H,3-10H2,(H,16,18). The molecule has 0 spiro atoms. The first-order valence-electron chi connectivity index (χ1n) is 6.93. The third-order valence-corrected chi connectivity index (χ3v) is 3.61. The van der Waals surface area contributed by atoms with Gasteiger partial charge >= 0.3 is 0 Å². The lowest BCUT2D eigenvalue weighted by molar-refractivity contribution is -0.133. The summed E-state index contributed by atoms with van der Waals surface area (Å²) in [6, 6.07) is 0.184. The molecule has 2 N–H and O–H groups in total. The second kappa shape index (κ2) is 6.58. The van der Waals surface area contributed by atoms with Crippen LogP contribution in [0.5, 0.6) is 0 Å². The van der Waals surface area contributed by atoms with Gasteiger partial charge in [-0.05, 0) is 25.7 Å². The highest BCUT2D eigenvalue weighted by Gasteiger charge is 2.34. The maximum Gasteiger partial charge on any atom is 0.234 e. The molecule has 2 fully saturated rings. The van der Waals surface area contributed by atoms with Gasteiger partial charge in [-0.25, -0.2) is 0 Å². The number of terminal acetylenes is 1. The van der Waals surface area contributed by atoms with Crippen LogP contribution in [0.1, 0.15) is 25.7 Å². The van der Waals surface area contributed by atoms with Gasteiger partial charge in [0.25, 0.3) is 0 Å². The van der Waals surface area contributed by atoms with E-state index in [9.17, 15) is 9.59 Å². The first-order chi connectivity index (χ1) is 9.20. The van der Waals surface area contributed by atoms with Gasteiger partial charge in [0.1, 0.15) is 0 Å². The van der Waals surface area contributed by atoms with Crippen molar-refractivity contribution in [1.29, 1.82) is 0 Å². The third kappa shape index (κ3) is 4.25. The van der Waals surface area contributed by atoms with E-state index in [1.807, 2.05) is 4.90 Å². The summed E-state index contributed by atoms with van der Waals surface area (Å²) in [5.74, 6) is 3.00. The van der Waals surface area contributed by atoms with Crippen molar-refractivity contribution in [3.63, 3.8) is 0 Å². The van der Waals surface area contributed by atoms with Gasteiger partial charge in [-0.15, -0.1) is 6.42 Å². The lowest BCUT2D eigenvalue weighted by Crippen LogP contribution is -2.48. The summed E-state index contributed by atoms with van der Waals surface area (Å²) in [7, 11) is 0. The second-order valence-electron chi connectivity index (χ2n) is 5.25. The summed E-state index contributed by atoms with van der Waals surface area (Å²) in [6.07, 6.45) is 8.89. The molecule has 1 saturated carbocycles. The highest BCUT2D eigenvalue weighted by atomic mass is 16.2.